The van der Waals surface area contributed by atoms with Crippen molar-refractivity contribution in [3.05, 3.63) is 58.8 Å². The minimum absolute atomic E-state index is 0.0471. The quantitative estimate of drug-likeness (QED) is 0.287. The van der Waals surface area contributed by atoms with E-state index in [1.165, 1.54) is 25.3 Å². The molecule has 1 aromatic heterocycles. The van der Waals surface area contributed by atoms with Crippen molar-refractivity contribution in [2.75, 3.05) is 25.2 Å². The van der Waals surface area contributed by atoms with Crippen LogP contribution in [0.4, 0.5) is 10.5 Å². The molecule has 174 valence electrons. The zero-order valence-corrected chi connectivity index (χ0v) is 20.3. The van der Waals surface area contributed by atoms with Gasteiger partial charge in [-0.1, -0.05) is 0 Å². The molecular formula is C22H22N2O6PS2-. The third-order valence-corrected chi connectivity index (χ3v) is 6.76. The van der Waals surface area contributed by atoms with Crippen LogP contribution in [0, 0.1) is 0 Å². The standard InChI is InChI=1S/C22H22N2O6PS2/c1-3-7-29-22(27)24-16-11-19(30-33-31)18(28-2)10-15(16)20(25)23-6-4-13(9-17(23)21(24)26)14-5-8-32-12-14/h3-5,8,10-12,17,21,26,33H,1,6-7,9H2,2H3/q-1/t17-,21?/m0/s1. The molecule has 0 saturated carbocycles. The first-order valence-corrected chi connectivity index (χ1v) is 12.9. The number of ether oxygens (including phenoxy) is 2. The summed E-state index contributed by atoms with van der Waals surface area (Å²) in [6, 6.07) is 4.30. The molecule has 0 fully saturated rings. The van der Waals surface area contributed by atoms with E-state index >= 15 is 0 Å². The summed E-state index contributed by atoms with van der Waals surface area (Å²) in [6.45, 7) is 3.80. The summed E-state index contributed by atoms with van der Waals surface area (Å²) in [5.74, 6) is 0.246. The van der Waals surface area contributed by atoms with Crippen molar-refractivity contribution in [1.82, 2.24) is 4.90 Å². The van der Waals surface area contributed by atoms with Crippen LogP contribution in [-0.2, 0) is 15.8 Å². The molecular weight excluding hydrogens is 483 g/mol. The molecule has 2 aliphatic rings. The van der Waals surface area contributed by atoms with Crippen LogP contribution < -0.4 is 13.8 Å². The molecule has 3 heterocycles. The van der Waals surface area contributed by atoms with Crippen molar-refractivity contribution in [3.8, 4) is 11.5 Å². The van der Waals surface area contributed by atoms with Crippen LogP contribution in [0.2, 0.25) is 0 Å². The maximum atomic E-state index is 13.6. The van der Waals surface area contributed by atoms with E-state index in [0.717, 1.165) is 16.0 Å². The molecule has 0 aliphatic carbocycles. The molecule has 4 rings (SSSR count). The zero-order valence-electron chi connectivity index (χ0n) is 17.7. The van der Waals surface area contributed by atoms with E-state index in [2.05, 4.69) is 14.4 Å². The molecule has 1 N–H and O–H groups in total. The molecule has 2 amide bonds. The first-order chi connectivity index (χ1) is 16.0. The maximum absolute atomic E-state index is 13.6. The molecule has 33 heavy (non-hydrogen) atoms. The van der Waals surface area contributed by atoms with Gasteiger partial charge in [-0.2, -0.15) is 11.3 Å². The Kier molecular flexibility index (Phi) is 7.29. The van der Waals surface area contributed by atoms with Crippen molar-refractivity contribution in [2.24, 2.45) is 0 Å². The van der Waals surface area contributed by atoms with Gasteiger partial charge in [0, 0.05) is 0 Å². The van der Waals surface area contributed by atoms with Crippen molar-refractivity contribution in [1.29, 1.82) is 0 Å². The van der Waals surface area contributed by atoms with Gasteiger partial charge in [-0.15, -0.1) is 0 Å². The number of carbonyl (C=O) groups is 2. The van der Waals surface area contributed by atoms with E-state index < -0.39 is 18.4 Å². The Morgan fingerprint density at radius 3 is 2.91 bits per heavy atom. The van der Waals surface area contributed by atoms with Crippen LogP contribution in [0.3, 0.4) is 0 Å². The number of aliphatic hydroxyl groups is 1. The number of hydrogen-bond donors (Lipinski definition) is 1. The van der Waals surface area contributed by atoms with Gasteiger partial charge in [-0.3, -0.25) is 0 Å². The van der Waals surface area contributed by atoms with Gasteiger partial charge in [0.1, 0.15) is 0 Å². The number of anilines is 1. The molecule has 2 aliphatic heterocycles. The fraction of sp³-hybridized carbons (Fsp3) is 0.273. The average Bonchev–Trinajstić information content (AvgIpc) is 3.35. The summed E-state index contributed by atoms with van der Waals surface area (Å²) < 4.78 is 16.1. The molecule has 0 bridgehead atoms. The van der Waals surface area contributed by atoms with Gasteiger partial charge in [0.05, 0.1) is 0 Å². The zero-order chi connectivity index (χ0) is 23.5. The van der Waals surface area contributed by atoms with Crippen molar-refractivity contribution < 1.29 is 28.4 Å². The van der Waals surface area contributed by atoms with Crippen LogP contribution in [0.1, 0.15) is 22.3 Å². The Hall–Kier alpha value is -2.52. The number of rotatable bonds is 5. The Labute approximate surface area is 200 Å². The van der Waals surface area contributed by atoms with E-state index in [4.69, 9.17) is 13.7 Å². The number of hydrogen-bond acceptors (Lipinski definition) is 8. The third-order valence-electron chi connectivity index (χ3n) is 5.56. The second-order valence-corrected chi connectivity index (χ2v) is 8.93. The predicted octanol–water partition coefficient (Wildman–Crippen LogP) is 3.95. The van der Waals surface area contributed by atoms with Crippen molar-refractivity contribution in [3.63, 3.8) is 0 Å². The second kappa shape index (κ2) is 10.2. The van der Waals surface area contributed by atoms with Crippen molar-refractivity contribution >= 4 is 53.4 Å². The fourth-order valence-corrected chi connectivity index (χ4v) is 5.19. The monoisotopic (exact) mass is 505 g/mol. The number of thiol groups is 1. The number of benzene rings is 1. The number of aliphatic hydroxyl groups excluding tert-OH is 1. The predicted molar refractivity (Wildman–Crippen MR) is 131 cm³/mol. The number of thiophene rings is 1. The van der Waals surface area contributed by atoms with Gasteiger partial charge in [-0.05, 0) is 5.38 Å². The SMILES string of the molecule is C=CCOC(=O)N1c2cc(O[SH-]#P)c(OC)cc2C(=O)N2CC=C(c3ccsc3)C[C@H]2C1O. The average molecular weight is 506 g/mol. The molecule has 0 saturated heterocycles. The topological polar surface area (TPSA) is 88.5 Å². The summed E-state index contributed by atoms with van der Waals surface area (Å²) in [5.41, 5.74) is 2.40. The van der Waals surface area contributed by atoms with Gasteiger partial charge >= 0.3 is 184 Å². The fourth-order valence-electron chi connectivity index (χ4n) is 4.02. The van der Waals surface area contributed by atoms with Gasteiger partial charge in [0.2, 0.25) is 0 Å². The van der Waals surface area contributed by atoms with E-state index in [1.807, 2.05) is 22.9 Å². The Morgan fingerprint density at radius 1 is 1.42 bits per heavy atom. The van der Waals surface area contributed by atoms with E-state index in [-0.39, 0.29) is 36.1 Å². The molecule has 1 unspecified atom stereocenters. The first-order valence-electron chi connectivity index (χ1n) is 10.0. The van der Waals surface area contributed by atoms with Gasteiger partial charge < -0.3 is 0 Å². The second-order valence-electron chi connectivity index (χ2n) is 7.31. The van der Waals surface area contributed by atoms with Gasteiger partial charge in [-0.25, -0.2) is 0 Å². The molecule has 2 atom stereocenters. The number of amides is 2. The minimum atomic E-state index is -1.36. The number of methoxy groups -OCH3 is 1. The summed E-state index contributed by atoms with van der Waals surface area (Å²) >= 11 is 1.87. The van der Waals surface area contributed by atoms with Gasteiger partial charge in [0.15, 0.2) is 0 Å². The molecule has 0 radical (unpaired) electrons. The summed E-state index contributed by atoms with van der Waals surface area (Å²) in [7, 11) is 5.52. The molecule has 2 aromatic rings. The van der Waals surface area contributed by atoms with Crippen LogP contribution >= 0.6 is 19.2 Å². The number of carbonyl (C=O) groups excluding carboxylic acids is 2. The van der Waals surface area contributed by atoms with Crippen LogP contribution in [0.25, 0.3) is 5.57 Å². The Balaban J connectivity index is 1.84. The van der Waals surface area contributed by atoms with E-state index in [0.29, 0.717) is 23.2 Å². The summed E-state index contributed by atoms with van der Waals surface area (Å²) in [4.78, 5) is 29.3. The first kappa shape index (κ1) is 23.6. The third kappa shape index (κ3) is 4.48. The number of nitrogens with zero attached hydrogens (tertiary/aromatic N) is 2. The number of fused-ring (bicyclic) bond motifs is 2. The molecule has 1 aromatic carbocycles. The van der Waals surface area contributed by atoms with Crippen LogP contribution in [0.15, 0.2) is 47.7 Å². The molecule has 11 heteroatoms. The normalized spacial score (nSPS) is 19.7. The summed E-state index contributed by atoms with van der Waals surface area (Å²) in [5, 5.41) is 15.4. The van der Waals surface area contributed by atoms with Crippen LogP contribution in [0.5, 0.6) is 11.5 Å². The molecule has 8 nitrogen and oxygen atoms in total. The summed E-state index contributed by atoms with van der Waals surface area (Å²) in [6.07, 6.45) is 1.62. The van der Waals surface area contributed by atoms with Crippen molar-refractivity contribution in [2.45, 2.75) is 18.7 Å². The van der Waals surface area contributed by atoms with E-state index in [1.54, 1.807) is 16.2 Å². The van der Waals surface area contributed by atoms with Crippen LogP contribution in [-0.4, -0.2) is 54.5 Å². The molecule has 0 spiro atoms. The van der Waals surface area contributed by atoms with Gasteiger partial charge in [0.25, 0.3) is 0 Å². The Morgan fingerprint density at radius 2 is 2.24 bits per heavy atom. The van der Waals surface area contributed by atoms with E-state index in [9.17, 15) is 14.7 Å². The Bertz CT molecular complexity index is 1160.